The lowest BCUT2D eigenvalue weighted by Crippen LogP contribution is -2.30. The molecule has 0 spiro atoms. The SMILES string of the molecule is Cc1ccc(C(=O)NCCCn2ccc3ccccc32)c(=O)[nH]1. The van der Waals surface area contributed by atoms with Crippen LogP contribution in [-0.4, -0.2) is 22.0 Å². The van der Waals surface area contributed by atoms with Crippen LogP contribution in [0.25, 0.3) is 10.9 Å². The monoisotopic (exact) mass is 309 g/mol. The summed E-state index contributed by atoms with van der Waals surface area (Å²) in [7, 11) is 0. The Morgan fingerprint density at radius 1 is 1.17 bits per heavy atom. The molecule has 0 saturated heterocycles. The zero-order valence-corrected chi connectivity index (χ0v) is 13.0. The van der Waals surface area contributed by atoms with Crippen molar-refractivity contribution in [2.45, 2.75) is 19.9 Å². The fourth-order valence-electron chi connectivity index (χ4n) is 2.63. The average Bonchev–Trinajstić information content (AvgIpc) is 2.94. The van der Waals surface area contributed by atoms with Crippen LogP contribution in [0.15, 0.2) is 53.5 Å². The van der Waals surface area contributed by atoms with Gasteiger partial charge in [0.15, 0.2) is 0 Å². The van der Waals surface area contributed by atoms with Crippen molar-refractivity contribution in [3.63, 3.8) is 0 Å². The van der Waals surface area contributed by atoms with E-state index in [4.69, 9.17) is 0 Å². The number of carbonyl (C=O) groups is 1. The molecule has 118 valence electrons. The molecule has 0 aliphatic heterocycles. The number of amides is 1. The van der Waals surface area contributed by atoms with Gasteiger partial charge in [0.1, 0.15) is 5.56 Å². The van der Waals surface area contributed by atoms with Crippen LogP contribution < -0.4 is 10.9 Å². The first-order valence-electron chi connectivity index (χ1n) is 7.67. The van der Waals surface area contributed by atoms with E-state index in [0.29, 0.717) is 6.54 Å². The molecular weight excluding hydrogens is 290 g/mol. The highest BCUT2D eigenvalue weighted by molar-refractivity contribution is 5.93. The number of aromatic amines is 1. The van der Waals surface area contributed by atoms with E-state index in [-0.39, 0.29) is 17.0 Å². The molecule has 2 N–H and O–H groups in total. The standard InChI is InChI=1S/C18H19N3O2/c1-13-7-8-15(18(23)20-13)17(22)19-10-4-11-21-12-9-14-5-2-3-6-16(14)21/h2-3,5-9,12H,4,10-11H2,1H3,(H,19,22)(H,20,23). The van der Waals surface area contributed by atoms with Crippen molar-refractivity contribution in [2.75, 3.05) is 6.54 Å². The van der Waals surface area contributed by atoms with Crippen LogP contribution >= 0.6 is 0 Å². The Balaban J connectivity index is 1.55. The van der Waals surface area contributed by atoms with Gasteiger partial charge in [-0.05, 0) is 43.0 Å². The van der Waals surface area contributed by atoms with Gasteiger partial charge in [0.25, 0.3) is 11.5 Å². The summed E-state index contributed by atoms with van der Waals surface area (Å²) in [5.74, 6) is -0.330. The molecule has 0 atom stereocenters. The maximum absolute atomic E-state index is 12.0. The highest BCUT2D eigenvalue weighted by Crippen LogP contribution is 2.15. The number of pyridine rings is 1. The van der Waals surface area contributed by atoms with Crippen molar-refractivity contribution in [1.82, 2.24) is 14.9 Å². The van der Waals surface area contributed by atoms with Crippen molar-refractivity contribution < 1.29 is 4.79 Å². The number of aryl methyl sites for hydroxylation is 2. The summed E-state index contributed by atoms with van der Waals surface area (Å²) in [5.41, 5.74) is 1.74. The Hall–Kier alpha value is -2.82. The second-order valence-corrected chi connectivity index (χ2v) is 5.56. The molecule has 0 radical (unpaired) electrons. The zero-order chi connectivity index (χ0) is 16.2. The topological polar surface area (TPSA) is 66.9 Å². The Morgan fingerprint density at radius 3 is 2.83 bits per heavy atom. The molecule has 5 nitrogen and oxygen atoms in total. The van der Waals surface area contributed by atoms with Crippen LogP contribution in [-0.2, 0) is 6.54 Å². The first-order chi connectivity index (χ1) is 11.1. The van der Waals surface area contributed by atoms with Gasteiger partial charge >= 0.3 is 0 Å². The molecular formula is C18H19N3O2. The number of fused-ring (bicyclic) bond motifs is 1. The number of H-pyrrole nitrogens is 1. The third-order valence-electron chi connectivity index (χ3n) is 3.84. The number of nitrogens with one attached hydrogen (secondary N) is 2. The maximum Gasteiger partial charge on any atom is 0.260 e. The van der Waals surface area contributed by atoms with Crippen LogP contribution in [0.2, 0.25) is 0 Å². The summed E-state index contributed by atoms with van der Waals surface area (Å²) in [5, 5.41) is 4.01. The van der Waals surface area contributed by atoms with E-state index in [0.717, 1.165) is 18.7 Å². The number of nitrogens with zero attached hydrogens (tertiary/aromatic N) is 1. The highest BCUT2D eigenvalue weighted by Gasteiger charge is 2.09. The van der Waals surface area contributed by atoms with Crippen molar-refractivity contribution in [3.05, 3.63) is 70.3 Å². The molecule has 3 aromatic rings. The van der Waals surface area contributed by atoms with Gasteiger partial charge in [0, 0.05) is 30.5 Å². The Bertz CT molecular complexity index is 892. The number of aromatic nitrogens is 2. The van der Waals surface area contributed by atoms with E-state index in [9.17, 15) is 9.59 Å². The molecule has 3 rings (SSSR count). The predicted octanol–water partition coefficient (Wildman–Crippen LogP) is 2.46. The van der Waals surface area contributed by atoms with E-state index in [1.807, 2.05) is 12.1 Å². The first-order valence-corrected chi connectivity index (χ1v) is 7.67. The normalized spacial score (nSPS) is 10.8. The number of hydrogen-bond donors (Lipinski definition) is 2. The van der Waals surface area contributed by atoms with Crippen molar-refractivity contribution >= 4 is 16.8 Å². The molecule has 1 aromatic carbocycles. The number of rotatable bonds is 5. The van der Waals surface area contributed by atoms with Crippen molar-refractivity contribution in [3.8, 4) is 0 Å². The minimum absolute atomic E-state index is 0.155. The second kappa shape index (κ2) is 6.52. The van der Waals surface area contributed by atoms with Gasteiger partial charge in [0.2, 0.25) is 0 Å². The smallest absolute Gasteiger partial charge is 0.260 e. The summed E-state index contributed by atoms with van der Waals surface area (Å²) in [4.78, 5) is 26.4. The summed E-state index contributed by atoms with van der Waals surface area (Å²) in [6.45, 7) is 3.13. The third-order valence-corrected chi connectivity index (χ3v) is 3.84. The molecule has 0 aliphatic carbocycles. The minimum atomic E-state index is -0.348. The van der Waals surface area contributed by atoms with E-state index in [1.54, 1.807) is 19.1 Å². The van der Waals surface area contributed by atoms with Gasteiger partial charge in [0.05, 0.1) is 0 Å². The number of benzene rings is 1. The molecule has 2 aromatic heterocycles. The maximum atomic E-state index is 12.0. The molecule has 0 aliphatic rings. The van der Waals surface area contributed by atoms with E-state index in [2.05, 4.69) is 39.3 Å². The Kier molecular flexibility index (Phi) is 4.28. The lowest BCUT2D eigenvalue weighted by atomic mass is 10.2. The van der Waals surface area contributed by atoms with Crippen LogP contribution in [0.3, 0.4) is 0 Å². The minimum Gasteiger partial charge on any atom is -0.352 e. The van der Waals surface area contributed by atoms with Crippen molar-refractivity contribution in [1.29, 1.82) is 0 Å². The molecule has 0 unspecified atom stereocenters. The summed E-state index contributed by atoms with van der Waals surface area (Å²) >= 11 is 0. The lowest BCUT2D eigenvalue weighted by molar-refractivity contribution is 0.0951. The average molecular weight is 309 g/mol. The zero-order valence-electron chi connectivity index (χ0n) is 13.0. The fraction of sp³-hybridized carbons (Fsp3) is 0.222. The van der Waals surface area contributed by atoms with Gasteiger partial charge in [-0.1, -0.05) is 18.2 Å². The third kappa shape index (κ3) is 3.34. The first kappa shape index (κ1) is 15.1. The summed E-state index contributed by atoms with van der Waals surface area (Å²) in [6, 6.07) is 13.6. The largest absolute Gasteiger partial charge is 0.352 e. The molecule has 23 heavy (non-hydrogen) atoms. The highest BCUT2D eigenvalue weighted by atomic mass is 16.2. The number of para-hydroxylation sites is 1. The van der Waals surface area contributed by atoms with E-state index < -0.39 is 0 Å². The van der Waals surface area contributed by atoms with Crippen LogP contribution in [0.1, 0.15) is 22.5 Å². The lowest BCUT2D eigenvalue weighted by Gasteiger charge is -2.07. The Labute approximate surface area is 134 Å². The van der Waals surface area contributed by atoms with Crippen molar-refractivity contribution in [2.24, 2.45) is 0 Å². The van der Waals surface area contributed by atoms with Gasteiger partial charge in [-0.3, -0.25) is 9.59 Å². The van der Waals surface area contributed by atoms with Gasteiger partial charge in [-0.25, -0.2) is 0 Å². The predicted molar refractivity (Wildman–Crippen MR) is 90.7 cm³/mol. The van der Waals surface area contributed by atoms with Gasteiger partial charge in [-0.15, -0.1) is 0 Å². The quantitative estimate of drug-likeness (QED) is 0.711. The Morgan fingerprint density at radius 2 is 2.00 bits per heavy atom. The van der Waals surface area contributed by atoms with Crippen LogP contribution in [0.4, 0.5) is 0 Å². The fourth-order valence-corrected chi connectivity index (χ4v) is 2.63. The van der Waals surface area contributed by atoms with Crippen LogP contribution in [0, 0.1) is 6.92 Å². The molecule has 1 amide bonds. The van der Waals surface area contributed by atoms with Gasteiger partial charge in [-0.2, -0.15) is 0 Å². The van der Waals surface area contributed by atoms with Crippen LogP contribution in [0.5, 0.6) is 0 Å². The summed E-state index contributed by atoms with van der Waals surface area (Å²) < 4.78 is 2.17. The second-order valence-electron chi connectivity index (χ2n) is 5.56. The molecule has 0 bridgehead atoms. The summed E-state index contributed by atoms with van der Waals surface area (Å²) in [6.07, 6.45) is 2.85. The molecule has 5 heteroatoms. The van der Waals surface area contributed by atoms with Gasteiger partial charge < -0.3 is 14.9 Å². The number of carbonyl (C=O) groups excluding carboxylic acids is 1. The molecule has 0 saturated carbocycles. The van der Waals surface area contributed by atoms with E-state index >= 15 is 0 Å². The number of hydrogen-bond acceptors (Lipinski definition) is 2. The van der Waals surface area contributed by atoms with E-state index in [1.165, 1.54) is 10.9 Å². The molecule has 0 fully saturated rings. The molecule has 2 heterocycles.